The van der Waals surface area contributed by atoms with E-state index in [1.54, 1.807) is 0 Å². The first kappa shape index (κ1) is 30.5. The second-order valence-electron chi connectivity index (χ2n) is 13.9. The molecule has 54 heavy (non-hydrogen) atoms. The molecular formula is C50H33N3O. The van der Waals surface area contributed by atoms with E-state index < -0.39 is 0 Å². The van der Waals surface area contributed by atoms with Gasteiger partial charge in [0.2, 0.25) is 0 Å². The lowest BCUT2D eigenvalue weighted by Gasteiger charge is -2.23. The Morgan fingerprint density at radius 1 is 0.481 bits per heavy atom. The maximum absolute atomic E-state index is 6.91. The minimum Gasteiger partial charge on any atom is -0.454 e. The molecule has 3 heterocycles. The molecule has 4 heteroatoms. The number of benzene rings is 8. The maximum atomic E-state index is 6.91. The van der Waals surface area contributed by atoms with Crippen LogP contribution >= 0.6 is 0 Å². The molecule has 1 aliphatic heterocycles. The summed E-state index contributed by atoms with van der Waals surface area (Å²) in [7, 11) is 0. The lowest BCUT2D eigenvalue weighted by molar-refractivity contribution is 0.636. The summed E-state index contributed by atoms with van der Waals surface area (Å²) in [6, 6.07) is 66.6. The molecular weight excluding hydrogens is 659 g/mol. The minimum atomic E-state index is -0.302. The molecule has 8 aromatic carbocycles. The highest BCUT2D eigenvalue weighted by molar-refractivity contribution is 6.14. The molecule has 0 saturated carbocycles. The second kappa shape index (κ2) is 12.2. The summed E-state index contributed by atoms with van der Waals surface area (Å²) in [5, 5.41) is 10.4. The normalized spacial score (nSPS) is 14.0. The maximum Gasteiger partial charge on any atom is 0.159 e. The second-order valence-corrected chi connectivity index (χ2v) is 13.9. The predicted molar refractivity (Wildman–Crippen MR) is 221 cm³/mol. The van der Waals surface area contributed by atoms with Crippen LogP contribution in [-0.4, -0.2) is 4.57 Å². The van der Waals surface area contributed by atoms with E-state index >= 15 is 0 Å². The largest absolute Gasteiger partial charge is 0.454 e. The third-order valence-corrected chi connectivity index (χ3v) is 10.8. The van der Waals surface area contributed by atoms with Gasteiger partial charge in [-0.3, -0.25) is 4.99 Å². The summed E-state index contributed by atoms with van der Waals surface area (Å²) in [6.07, 6.45) is -0.302. The molecule has 10 aromatic rings. The number of furan rings is 1. The summed E-state index contributed by atoms with van der Waals surface area (Å²) in [5.74, 6) is 0. The molecule has 1 aliphatic rings. The number of hydrogen-bond donors (Lipinski definition) is 1. The monoisotopic (exact) mass is 691 g/mol. The number of rotatable bonds is 5. The standard InChI is InChI=1S/C50H33N3O/c1-4-14-32(15-5-1)35-26-28-43-40(30-35)41-31-36(33-16-6-2-7-17-33)27-29-44(41)53(43)45-24-12-21-38-47-39(22-13-25-46(47)54-49(38)45)50-51-42-23-11-10-20-37(42)48(52-50)34-18-8-3-9-19-34/h1-31,50,52H. The Balaban J connectivity index is 1.13. The van der Waals surface area contributed by atoms with E-state index in [4.69, 9.17) is 9.41 Å². The Morgan fingerprint density at radius 3 is 1.74 bits per heavy atom. The molecule has 2 aromatic heterocycles. The fourth-order valence-corrected chi connectivity index (χ4v) is 8.34. The van der Waals surface area contributed by atoms with E-state index in [9.17, 15) is 0 Å². The van der Waals surface area contributed by atoms with Crippen molar-refractivity contribution in [3.63, 3.8) is 0 Å². The van der Waals surface area contributed by atoms with Gasteiger partial charge in [0.1, 0.15) is 11.7 Å². The van der Waals surface area contributed by atoms with Gasteiger partial charge in [0, 0.05) is 32.3 Å². The molecule has 0 fully saturated rings. The zero-order valence-electron chi connectivity index (χ0n) is 29.3. The van der Waals surface area contributed by atoms with Crippen LogP contribution in [0.3, 0.4) is 0 Å². The van der Waals surface area contributed by atoms with Gasteiger partial charge in [0.05, 0.1) is 27.8 Å². The zero-order valence-corrected chi connectivity index (χ0v) is 29.3. The third-order valence-electron chi connectivity index (χ3n) is 10.8. The van der Waals surface area contributed by atoms with Crippen molar-refractivity contribution in [2.24, 2.45) is 4.99 Å². The molecule has 0 radical (unpaired) electrons. The molecule has 11 rings (SSSR count). The van der Waals surface area contributed by atoms with Gasteiger partial charge < -0.3 is 14.3 Å². The van der Waals surface area contributed by atoms with E-state index in [-0.39, 0.29) is 6.17 Å². The van der Waals surface area contributed by atoms with Gasteiger partial charge in [-0.05, 0) is 70.3 Å². The SMILES string of the molecule is c1ccc(C2=c3ccccc3=NC(c3cccc4oc5c(-n6c7ccc(-c8ccccc8)cc7c7cc(-c8ccccc8)ccc76)cccc5c34)N2)cc1. The number of nitrogens with one attached hydrogen (secondary N) is 1. The van der Waals surface area contributed by atoms with E-state index in [1.807, 2.05) is 0 Å². The van der Waals surface area contributed by atoms with Crippen molar-refractivity contribution >= 4 is 49.4 Å². The fraction of sp³-hybridized carbons (Fsp3) is 0.0200. The third kappa shape index (κ3) is 4.81. The van der Waals surface area contributed by atoms with E-state index in [2.05, 4.69) is 198 Å². The molecule has 0 saturated heterocycles. The predicted octanol–water partition coefficient (Wildman–Crippen LogP) is 11.1. The Bertz CT molecular complexity index is 3080. The van der Waals surface area contributed by atoms with Crippen molar-refractivity contribution in [2.45, 2.75) is 6.17 Å². The van der Waals surface area contributed by atoms with Crippen molar-refractivity contribution in [1.82, 2.24) is 9.88 Å². The zero-order chi connectivity index (χ0) is 35.6. The average molecular weight is 692 g/mol. The van der Waals surface area contributed by atoms with Crippen LogP contribution in [0.15, 0.2) is 197 Å². The summed E-state index contributed by atoms with van der Waals surface area (Å²) < 4.78 is 9.28. The summed E-state index contributed by atoms with van der Waals surface area (Å²) >= 11 is 0. The summed E-state index contributed by atoms with van der Waals surface area (Å²) in [4.78, 5) is 5.27. The molecule has 0 bridgehead atoms. The van der Waals surface area contributed by atoms with Gasteiger partial charge >= 0.3 is 0 Å². The van der Waals surface area contributed by atoms with Crippen LogP contribution in [0.25, 0.3) is 77.4 Å². The van der Waals surface area contributed by atoms with Crippen molar-refractivity contribution in [1.29, 1.82) is 0 Å². The molecule has 4 nitrogen and oxygen atoms in total. The molecule has 0 amide bonds. The molecule has 0 aliphatic carbocycles. The quantitative estimate of drug-likeness (QED) is 0.195. The first-order chi connectivity index (χ1) is 26.8. The van der Waals surface area contributed by atoms with Crippen LogP contribution in [0, 0.1) is 0 Å². The lowest BCUT2D eigenvalue weighted by Crippen LogP contribution is -2.39. The highest BCUT2D eigenvalue weighted by Gasteiger charge is 2.24. The lowest BCUT2D eigenvalue weighted by atomic mass is 10.0. The first-order valence-electron chi connectivity index (χ1n) is 18.4. The van der Waals surface area contributed by atoms with Crippen LogP contribution in [0.4, 0.5) is 0 Å². The number of aromatic nitrogens is 1. The van der Waals surface area contributed by atoms with Crippen molar-refractivity contribution in [3.05, 3.63) is 210 Å². The van der Waals surface area contributed by atoms with Gasteiger partial charge in [0.15, 0.2) is 5.58 Å². The minimum absolute atomic E-state index is 0.302. The molecule has 1 N–H and O–H groups in total. The molecule has 0 spiro atoms. The Morgan fingerprint density at radius 2 is 1.07 bits per heavy atom. The molecule has 1 unspecified atom stereocenters. The van der Waals surface area contributed by atoms with Gasteiger partial charge in [-0.2, -0.15) is 0 Å². The number of para-hydroxylation sites is 2. The fourth-order valence-electron chi connectivity index (χ4n) is 8.34. The number of hydrogen-bond acceptors (Lipinski definition) is 3. The molecule has 1 atom stereocenters. The van der Waals surface area contributed by atoms with E-state index in [1.165, 1.54) is 33.0 Å². The average Bonchev–Trinajstić information content (AvgIpc) is 3.79. The van der Waals surface area contributed by atoms with Gasteiger partial charge in [0.25, 0.3) is 0 Å². The van der Waals surface area contributed by atoms with Crippen LogP contribution in [0.5, 0.6) is 0 Å². The number of nitrogens with zero attached hydrogens (tertiary/aromatic N) is 2. The van der Waals surface area contributed by atoms with Crippen LogP contribution in [-0.2, 0) is 0 Å². The highest BCUT2D eigenvalue weighted by Crippen LogP contribution is 2.42. The Kier molecular flexibility index (Phi) is 6.89. The van der Waals surface area contributed by atoms with Crippen molar-refractivity contribution < 1.29 is 4.42 Å². The highest BCUT2D eigenvalue weighted by atomic mass is 16.3. The Labute approximate surface area is 311 Å². The van der Waals surface area contributed by atoms with Crippen LogP contribution in [0.2, 0.25) is 0 Å². The Hall–Kier alpha value is -7.17. The van der Waals surface area contributed by atoms with Gasteiger partial charge in [-0.1, -0.05) is 146 Å². The van der Waals surface area contributed by atoms with Crippen molar-refractivity contribution in [2.75, 3.05) is 0 Å². The topological polar surface area (TPSA) is 42.5 Å². The van der Waals surface area contributed by atoms with E-state index in [0.29, 0.717) is 0 Å². The summed E-state index contributed by atoms with van der Waals surface area (Å²) in [5.41, 5.74) is 13.0. The first-order valence-corrected chi connectivity index (χ1v) is 18.4. The molecule has 254 valence electrons. The smallest absolute Gasteiger partial charge is 0.159 e. The van der Waals surface area contributed by atoms with Crippen LogP contribution in [0.1, 0.15) is 17.3 Å². The van der Waals surface area contributed by atoms with Crippen LogP contribution < -0.4 is 15.9 Å². The van der Waals surface area contributed by atoms with Gasteiger partial charge in [-0.25, -0.2) is 0 Å². The number of fused-ring (bicyclic) bond motifs is 7. The van der Waals surface area contributed by atoms with Crippen molar-refractivity contribution in [3.8, 4) is 27.9 Å². The van der Waals surface area contributed by atoms with E-state index in [0.717, 1.165) is 66.1 Å². The summed E-state index contributed by atoms with van der Waals surface area (Å²) in [6.45, 7) is 0. The van der Waals surface area contributed by atoms with Gasteiger partial charge in [-0.15, -0.1) is 0 Å².